The molecule has 2 aliphatic carbocycles. The summed E-state index contributed by atoms with van der Waals surface area (Å²) in [6, 6.07) is 34.2. The lowest BCUT2D eigenvalue weighted by molar-refractivity contribution is 0.417. The predicted octanol–water partition coefficient (Wildman–Crippen LogP) is 5.91. The van der Waals surface area contributed by atoms with Gasteiger partial charge in [0.1, 0.15) is 0 Å². The lowest BCUT2D eigenvalue weighted by atomic mass is 9.70. The first-order valence-electron chi connectivity index (χ1n) is 12.4. The topological polar surface area (TPSA) is 18.8 Å². The van der Waals surface area contributed by atoms with Crippen molar-refractivity contribution >= 4 is 11.6 Å². The van der Waals surface area contributed by atoms with Crippen LogP contribution < -0.4 is 4.90 Å². The third-order valence-corrected chi connectivity index (χ3v) is 8.25. The zero-order valence-corrected chi connectivity index (χ0v) is 19.0. The first-order valence-corrected chi connectivity index (χ1v) is 12.4. The molecule has 1 saturated heterocycles. The molecule has 4 aromatic rings. The molecule has 8 rings (SSSR count). The largest absolute Gasteiger partial charge is 0.341 e. The van der Waals surface area contributed by atoms with Crippen LogP contribution in [0.1, 0.15) is 28.7 Å². The number of rotatable bonds is 1. The van der Waals surface area contributed by atoms with E-state index >= 15 is 0 Å². The van der Waals surface area contributed by atoms with E-state index in [0.717, 1.165) is 32.1 Å². The highest BCUT2D eigenvalue weighted by Gasteiger charge is 2.51. The van der Waals surface area contributed by atoms with Crippen molar-refractivity contribution in [2.24, 2.45) is 4.99 Å². The SMILES string of the molecule is c1ccc2c(c1)-c1ccccc1C21c2ccccc2-c2ccc(N3CCCN4CCN=C43)cc21. The van der Waals surface area contributed by atoms with Crippen LogP contribution in [-0.4, -0.2) is 37.0 Å². The van der Waals surface area contributed by atoms with Gasteiger partial charge in [-0.15, -0.1) is 0 Å². The Labute approximate surface area is 200 Å². The second-order valence-corrected chi connectivity index (χ2v) is 9.79. The van der Waals surface area contributed by atoms with Gasteiger partial charge in [-0.25, -0.2) is 0 Å². The maximum atomic E-state index is 4.88. The monoisotopic (exact) mass is 439 g/mol. The first kappa shape index (κ1) is 18.6. The van der Waals surface area contributed by atoms with Gasteiger partial charge in [0.2, 0.25) is 5.96 Å². The molecule has 3 heteroatoms. The van der Waals surface area contributed by atoms with Crippen LogP contribution in [0.25, 0.3) is 22.3 Å². The van der Waals surface area contributed by atoms with Crippen molar-refractivity contribution in [3.05, 3.63) is 113 Å². The molecule has 2 aliphatic heterocycles. The lowest BCUT2D eigenvalue weighted by Crippen LogP contribution is -2.48. The molecule has 3 nitrogen and oxygen atoms in total. The molecule has 0 radical (unpaired) electrons. The third-order valence-electron chi connectivity index (χ3n) is 8.25. The van der Waals surface area contributed by atoms with E-state index in [2.05, 4.69) is 101 Å². The zero-order valence-electron chi connectivity index (χ0n) is 19.0. The molecule has 164 valence electrons. The fourth-order valence-corrected chi connectivity index (χ4v) is 6.95. The van der Waals surface area contributed by atoms with E-state index in [1.54, 1.807) is 0 Å². The summed E-state index contributed by atoms with van der Waals surface area (Å²) in [4.78, 5) is 9.77. The second-order valence-electron chi connectivity index (χ2n) is 9.79. The zero-order chi connectivity index (χ0) is 22.3. The van der Waals surface area contributed by atoms with Crippen molar-refractivity contribution in [3.8, 4) is 22.3 Å². The Bertz CT molecular complexity index is 1450. The van der Waals surface area contributed by atoms with Gasteiger partial charge in [0, 0.05) is 25.3 Å². The molecular weight excluding hydrogens is 414 g/mol. The molecule has 34 heavy (non-hydrogen) atoms. The number of fused-ring (bicyclic) bond motifs is 11. The second kappa shape index (κ2) is 6.60. The van der Waals surface area contributed by atoms with Crippen LogP contribution in [0.2, 0.25) is 0 Å². The Morgan fingerprint density at radius 1 is 0.588 bits per heavy atom. The molecule has 1 fully saturated rings. The number of hydrogen-bond acceptors (Lipinski definition) is 3. The Morgan fingerprint density at radius 3 is 1.82 bits per heavy atom. The van der Waals surface area contributed by atoms with Crippen LogP contribution in [-0.2, 0) is 5.41 Å². The third kappa shape index (κ3) is 2.15. The fourth-order valence-electron chi connectivity index (χ4n) is 6.95. The smallest absolute Gasteiger partial charge is 0.201 e. The van der Waals surface area contributed by atoms with Crippen molar-refractivity contribution in [1.82, 2.24) is 4.90 Å². The van der Waals surface area contributed by atoms with Crippen molar-refractivity contribution in [2.45, 2.75) is 11.8 Å². The number of anilines is 1. The summed E-state index contributed by atoms with van der Waals surface area (Å²) in [6.45, 7) is 4.11. The van der Waals surface area contributed by atoms with Gasteiger partial charge in [-0.2, -0.15) is 0 Å². The molecule has 4 aliphatic rings. The van der Waals surface area contributed by atoms with Crippen molar-refractivity contribution in [1.29, 1.82) is 0 Å². The number of hydrogen-bond donors (Lipinski definition) is 0. The minimum absolute atomic E-state index is 0.276. The van der Waals surface area contributed by atoms with Gasteiger partial charge in [0.25, 0.3) is 0 Å². The molecule has 0 unspecified atom stereocenters. The van der Waals surface area contributed by atoms with E-state index in [0.29, 0.717) is 0 Å². The Kier molecular flexibility index (Phi) is 3.60. The van der Waals surface area contributed by atoms with E-state index in [9.17, 15) is 0 Å². The van der Waals surface area contributed by atoms with Gasteiger partial charge in [0.05, 0.1) is 12.0 Å². The molecule has 0 atom stereocenters. The van der Waals surface area contributed by atoms with E-state index < -0.39 is 0 Å². The molecule has 1 spiro atoms. The van der Waals surface area contributed by atoms with E-state index in [-0.39, 0.29) is 5.41 Å². The number of nitrogens with zero attached hydrogens (tertiary/aromatic N) is 3. The minimum Gasteiger partial charge on any atom is -0.341 e. The molecule has 0 bridgehead atoms. The lowest BCUT2D eigenvalue weighted by Gasteiger charge is -2.37. The maximum Gasteiger partial charge on any atom is 0.201 e. The van der Waals surface area contributed by atoms with Gasteiger partial charge in [-0.3, -0.25) is 4.99 Å². The van der Waals surface area contributed by atoms with Crippen LogP contribution in [0.5, 0.6) is 0 Å². The summed E-state index contributed by atoms with van der Waals surface area (Å²) >= 11 is 0. The summed E-state index contributed by atoms with van der Waals surface area (Å²) in [7, 11) is 0. The molecular formula is C31H25N3. The van der Waals surface area contributed by atoms with Crippen LogP contribution >= 0.6 is 0 Å². The van der Waals surface area contributed by atoms with Crippen molar-refractivity contribution in [3.63, 3.8) is 0 Å². The average molecular weight is 440 g/mol. The number of guanidine groups is 1. The van der Waals surface area contributed by atoms with E-state index in [1.807, 2.05) is 0 Å². The van der Waals surface area contributed by atoms with Gasteiger partial charge in [0.15, 0.2) is 0 Å². The van der Waals surface area contributed by atoms with E-state index in [1.165, 1.54) is 56.6 Å². The molecule has 0 aromatic heterocycles. The summed E-state index contributed by atoms with van der Waals surface area (Å²) in [5.74, 6) is 1.16. The fraction of sp³-hybridized carbons (Fsp3) is 0.194. The highest BCUT2D eigenvalue weighted by molar-refractivity contribution is 6.00. The predicted molar refractivity (Wildman–Crippen MR) is 139 cm³/mol. The standard InChI is InChI=1S/C31H25N3/c1-4-11-26-22(8-1)23-9-2-5-12-27(23)31(26)28-13-6-3-10-24(28)25-15-14-21(20-29(25)31)34-18-7-17-33-19-16-32-30(33)34/h1-6,8-15,20H,7,16-19H2. The summed E-state index contributed by atoms with van der Waals surface area (Å²) in [5, 5.41) is 0. The van der Waals surface area contributed by atoms with Gasteiger partial charge in [-0.05, 0) is 63.1 Å². The Hall–Kier alpha value is -3.85. The Morgan fingerprint density at radius 2 is 1.18 bits per heavy atom. The number of aliphatic imine (C=N–C) groups is 1. The first-order chi connectivity index (χ1) is 16.9. The minimum atomic E-state index is -0.276. The average Bonchev–Trinajstić information content (AvgIpc) is 3.58. The highest BCUT2D eigenvalue weighted by atomic mass is 15.4. The molecule has 2 heterocycles. The van der Waals surface area contributed by atoms with Gasteiger partial charge >= 0.3 is 0 Å². The van der Waals surface area contributed by atoms with Crippen molar-refractivity contribution < 1.29 is 0 Å². The van der Waals surface area contributed by atoms with E-state index in [4.69, 9.17) is 4.99 Å². The highest BCUT2D eigenvalue weighted by Crippen LogP contribution is 2.63. The quantitative estimate of drug-likeness (QED) is 0.317. The molecule has 0 saturated carbocycles. The molecule has 0 N–H and O–H groups in total. The van der Waals surface area contributed by atoms with Crippen molar-refractivity contribution in [2.75, 3.05) is 31.1 Å². The normalized spacial score (nSPS) is 18.3. The van der Waals surface area contributed by atoms with Crippen LogP contribution in [0.3, 0.4) is 0 Å². The maximum absolute atomic E-state index is 4.88. The van der Waals surface area contributed by atoms with Crippen LogP contribution in [0.15, 0.2) is 96.0 Å². The van der Waals surface area contributed by atoms with Gasteiger partial charge < -0.3 is 9.80 Å². The summed E-state index contributed by atoms with van der Waals surface area (Å²) in [6.07, 6.45) is 1.17. The van der Waals surface area contributed by atoms with Crippen LogP contribution in [0.4, 0.5) is 5.69 Å². The summed E-state index contributed by atoms with van der Waals surface area (Å²) in [5.41, 5.74) is 12.0. The van der Waals surface area contributed by atoms with Gasteiger partial charge in [-0.1, -0.05) is 78.9 Å². The summed E-state index contributed by atoms with van der Waals surface area (Å²) < 4.78 is 0. The molecule has 0 amide bonds. The molecule has 4 aromatic carbocycles. The number of benzene rings is 4. The van der Waals surface area contributed by atoms with Crippen LogP contribution in [0, 0.1) is 0 Å². The Balaban J connectivity index is 1.44.